The molecule has 0 saturated carbocycles. The van der Waals surface area contributed by atoms with E-state index in [1.54, 1.807) is 11.3 Å². The van der Waals surface area contributed by atoms with Crippen molar-refractivity contribution in [1.29, 1.82) is 0 Å². The number of hydrogen-bond acceptors (Lipinski definition) is 6. The van der Waals surface area contributed by atoms with Crippen LogP contribution in [0.25, 0.3) is 22.2 Å². The van der Waals surface area contributed by atoms with Crippen LogP contribution < -0.4 is 5.73 Å². The predicted octanol–water partition coefficient (Wildman–Crippen LogP) is 3.67. The van der Waals surface area contributed by atoms with Crippen LogP contribution in [-0.2, 0) is 16.1 Å². The normalized spacial score (nSPS) is 10.9. The smallest absolute Gasteiger partial charge is 0.332 e. The molecule has 0 saturated heterocycles. The largest absolute Gasteiger partial charge is 0.478 e. The van der Waals surface area contributed by atoms with Crippen molar-refractivity contribution in [3.63, 3.8) is 0 Å². The van der Waals surface area contributed by atoms with Gasteiger partial charge in [0, 0.05) is 39.4 Å². The van der Waals surface area contributed by atoms with Gasteiger partial charge in [-0.25, -0.2) is 9.59 Å². The molecule has 0 aliphatic heterocycles. The zero-order valence-electron chi connectivity index (χ0n) is 14.3. The van der Waals surface area contributed by atoms with Crippen LogP contribution in [0, 0.1) is 0 Å². The molecule has 0 atom stereocenters. The number of hydrogen-bond donors (Lipinski definition) is 3. The second-order valence-electron chi connectivity index (χ2n) is 5.34. The Hall–Kier alpha value is -3.23. The molecule has 2 aromatic heterocycles. The third kappa shape index (κ3) is 5.37. The number of carboxylic acids is 2. The lowest BCUT2D eigenvalue weighted by molar-refractivity contribution is -0.135. The van der Waals surface area contributed by atoms with E-state index in [1.165, 1.54) is 6.08 Å². The molecule has 3 aromatic rings. The van der Waals surface area contributed by atoms with Gasteiger partial charge in [0.2, 0.25) is 0 Å². The number of fused-ring (bicyclic) bond motifs is 1. The first-order valence-corrected chi connectivity index (χ1v) is 8.74. The van der Waals surface area contributed by atoms with Crippen LogP contribution in [-0.4, -0.2) is 27.3 Å². The number of thiophene rings is 1. The lowest BCUT2D eigenvalue weighted by atomic mass is 10.1. The minimum absolute atomic E-state index is 0.0572. The number of allylic oxidation sites excluding steroid dienone is 1. The number of rotatable bonds is 6. The first-order valence-electron chi connectivity index (χ1n) is 7.86. The highest BCUT2D eigenvalue weighted by molar-refractivity contribution is 7.10. The second-order valence-corrected chi connectivity index (χ2v) is 6.33. The van der Waals surface area contributed by atoms with Gasteiger partial charge in [-0.3, -0.25) is 0 Å². The average molecular weight is 386 g/mol. The third-order valence-corrected chi connectivity index (χ3v) is 4.40. The Morgan fingerprint density at radius 1 is 1.30 bits per heavy atom. The van der Waals surface area contributed by atoms with E-state index in [0.29, 0.717) is 12.6 Å². The fourth-order valence-corrected chi connectivity index (χ4v) is 2.97. The van der Waals surface area contributed by atoms with Crippen molar-refractivity contribution in [1.82, 2.24) is 5.16 Å². The van der Waals surface area contributed by atoms with Crippen LogP contribution in [0.1, 0.15) is 11.3 Å². The van der Waals surface area contributed by atoms with Gasteiger partial charge in [-0.2, -0.15) is 0 Å². The van der Waals surface area contributed by atoms with Gasteiger partial charge in [0.25, 0.3) is 0 Å². The van der Waals surface area contributed by atoms with Crippen molar-refractivity contribution < 1.29 is 24.3 Å². The highest BCUT2D eigenvalue weighted by atomic mass is 32.1. The van der Waals surface area contributed by atoms with Gasteiger partial charge in [0.1, 0.15) is 5.69 Å². The van der Waals surface area contributed by atoms with Gasteiger partial charge in [0.05, 0.1) is 0 Å². The van der Waals surface area contributed by atoms with Crippen molar-refractivity contribution in [2.45, 2.75) is 13.0 Å². The van der Waals surface area contributed by atoms with Crippen LogP contribution in [0.5, 0.6) is 0 Å². The molecule has 0 spiro atoms. The number of aliphatic carboxylic acids is 2. The lowest BCUT2D eigenvalue weighted by Crippen LogP contribution is -2.02. The molecule has 1 aromatic carbocycles. The molecule has 27 heavy (non-hydrogen) atoms. The zero-order chi connectivity index (χ0) is 19.8. The van der Waals surface area contributed by atoms with Gasteiger partial charge in [-0.15, -0.1) is 17.9 Å². The lowest BCUT2D eigenvalue weighted by Gasteiger charge is -1.93. The van der Waals surface area contributed by atoms with Gasteiger partial charge >= 0.3 is 11.9 Å². The second kappa shape index (κ2) is 9.46. The Labute approximate surface area is 159 Å². The molecular formula is C19H18N2O5S. The Kier molecular flexibility index (Phi) is 7.04. The number of aromatic nitrogens is 1. The maximum absolute atomic E-state index is 10.2. The molecule has 0 radical (unpaired) electrons. The molecule has 0 unspecified atom stereocenters. The SMILES string of the molecule is C=CC/C(=C\C(=O)O)C(=O)O.NCc1cc(-c2noc3ccccc23)cs1. The number of carbonyl (C=O) groups is 2. The van der Waals surface area contributed by atoms with Crippen molar-refractivity contribution in [2.24, 2.45) is 5.73 Å². The molecule has 140 valence electrons. The summed E-state index contributed by atoms with van der Waals surface area (Å²) in [6, 6.07) is 9.92. The molecular weight excluding hydrogens is 368 g/mol. The predicted molar refractivity (Wildman–Crippen MR) is 103 cm³/mol. The Bertz CT molecular complexity index is 987. The summed E-state index contributed by atoms with van der Waals surface area (Å²) in [5.74, 6) is -2.49. The van der Waals surface area contributed by atoms with Crippen molar-refractivity contribution in [3.8, 4) is 11.3 Å². The topological polar surface area (TPSA) is 127 Å². The van der Waals surface area contributed by atoms with Crippen LogP contribution in [0.2, 0.25) is 0 Å². The molecule has 0 bridgehead atoms. The number of nitrogens with two attached hydrogens (primary N) is 1. The molecule has 2 heterocycles. The van der Waals surface area contributed by atoms with E-state index < -0.39 is 11.9 Å². The molecule has 7 nitrogen and oxygen atoms in total. The summed E-state index contributed by atoms with van der Waals surface area (Å²) < 4.78 is 5.27. The highest BCUT2D eigenvalue weighted by Gasteiger charge is 2.11. The van der Waals surface area contributed by atoms with Gasteiger partial charge in [0.15, 0.2) is 5.58 Å². The molecule has 3 rings (SSSR count). The van der Waals surface area contributed by atoms with E-state index >= 15 is 0 Å². The fraction of sp³-hybridized carbons (Fsp3) is 0.105. The van der Waals surface area contributed by atoms with Crippen molar-refractivity contribution in [2.75, 3.05) is 0 Å². The number of nitrogens with zero attached hydrogens (tertiary/aromatic N) is 1. The van der Waals surface area contributed by atoms with E-state index in [-0.39, 0.29) is 12.0 Å². The van der Waals surface area contributed by atoms with Gasteiger partial charge in [-0.1, -0.05) is 23.4 Å². The van der Waals surface area contributed by atoms with E-state index in [0.717, 1.165) is 27.1 Å². The van der Waals surface area contributed by atoms with E-state index in [2.05, 4.69) is 23.2 Å². The molecule has 8 heteroatoms. The summed E-state index contributed by atoms with van der Waals surface area (Å²) in [6.45, 7) is 3.86. The van der Waals surface area contributed by atoms with Crippen molar-refractivity contribution >= 4 is 34.2 Å². The Balaban J connectivity index is 0.000000211. The average Bonchev–Trinajstić information content (AvgIpc) is 3.28. The van der Waals surface area contributed by atoms with E-state index in [4.69, 9.17) is 20.5 Å². The molecule has 0 aliphatic carbocycles. The first-order chi connectivity index (χ1) is 13.0. The Morgan fingerprint density at radius 2 is 2.04 bits per heavy atom. The molecule has 0 aliphatic rings. The summed E-state index contributed by atoms with van der Waals surface area (Å²) in [4.78, 5) is 21.4. The minimum atomic E-state index is -1.26. The summed E-state index contributed by atoms with van der Waals surface area (Å²) in [7, 11) is 0. The first kappa shape index (κ1) is 20.1. The summed E-state index contributed by atoms with van der Waals surface area (Å²) in [6.07, 6.45) is 2.05. The number of benzene rings is 1. The maximum atomic E-state index is 10.2. The standard InChI is InChI=1S/C12H10N2OS.C7H8O4/c13-6-9-5-8(7-16-9)12-10-3-1-2-4-11(10)15-14-12;1-2-3-5(7(10)11)4-6(8)9/h1-5,7H,6,13H2;2,4H,1,3H2,(H,8,9)(H,10,11)/b;5-4+. The molecule has 0 fully saturated rings. The quantitative estimate of drug-likeness (QED) is 0.436. The van der Waals surface area contributed by atoms with Crippen LogP contribution in [0.3, 0.4) is 0 Å². The van der Waals surface area contributed by atoms with E-state index in [9.17, 15) is 9.59 Å². The summed E-state index contributed by atoms with van der Waals surface area (Å²) in [5, 5.41) is 23.8. The number of carboxylic acid groups (broad SMARTS) is 2. The highest BCUT2D eigenvalue weighted by Crippen LogP contribution is 2.30. The maximum Gasteiger partial charge on any atom is 0.332 e. The molecule has 0 amide bonds. The zero-order valence-corrected chi connectivity index (χ0v) is 15.1. The number of para-hydroxylation sites is 1. The summed E-state index contributed by atoms with van der Waals surface area (Å²) >= 11 is 1.65. The minimum Gasteiger partial charge on any atom is -0.478 e. The monoisotopic (exact) mass is 386 g/mol. The van der Waals surface area contributed by atoms with Crippen molar-refractivity contribution in [3.05, 3.63) is 64.9 Å². The van der Waals surface area contributed by atoms with E-state index in [1.807, 2.05) is 24.3 Å². The Morgan fingerprint density at radius 3 is 2.63 bits per heavy atom. The fourth-order valence-electron chi connectivity index (χ4n) is 2.22. The van der Waals surface area contributed by atoms with Gasteiger partial charge < -0.3 is 20.5 Å². The van der Waals surface area contributed by atoms with Gasteiger partial charge in [-0.05, 0) is 24.6 Å². The molecule has 4 N–H and O–H groups in total. The summed E-state index contributed by atoms with van der Waals surface area (Å²) in [5.41, 5.74) is 8.21. The third-order valence-electron chi connectivity index (χ3n) is 3.44. The van der Waals surface area contributed by atoms with Crippen LogP contribution >= 0.6 is 11.3 Å². The van der Waals surface area contributed by atoms with Crippen LogP contribution in [0.15, 0.2) is 64.5 Å². The van der Waals surface area contributed by atoms with Crippen LogP contribution in [0.4, 0.5) is 0 Å².